The maximum absolute atomic E-state index is 2.56. The first-order valence-electron chi connectivity index (χ1n) is 8.71. The minimum Gasteiger partial charge on any atom is -1.00 e. The molecule has 0 unspecified atom stereocenters. The maximum Gasteiger partial charge on any atom is 0.214 e. The molecule has 0 aromatic heterocycles. The maximum atomic E-state index is 2.56. The molecule has 0 atom stereocenters. The third-order valence-electron chi connectivity index (χ3n) is 4.80. The first kappa shape index (κ1) is 17.6. The van der Waals surface area contributed by atoms with E-state index < -0.39 is 0 Å². The van der Waals surface area contributed by atoms with E-state index in [0.717, 1.165) is 25.9 Å². The summed E-state index contributed by atoms with van der Waals surface area (Å²) in [7, 11) is 0. The van der Waals surface area contributed by atoms with E-state index in [4.69, 9.17) is 0 Å². The fourth-order valence-electron chi connectivity index (χ4n) is 3.57. The van der Waals surface area contributed by atoms with E-state index >= 15 is 0 Å². The number of fused-ring (bicyclic) bond motifs is 1. The zero-order chi connectivity index (χ0) is 16.2. The van der Waals surface area contributed by atoms with Crippen molar-refractivity contribution in [2.24, 2.45) is 0 Å². The van der Waals surface area contributed by atoms with Gasteiger partial charge in [0.2, 0.25) is 5.71 Å². The van der Waals surface area contributed by atoms with Crippen LogP contribution >= 0.6 is 0 Å². The fraction of sp³-hybridized carbons (Fsp3) is 0.174. The van der Waals surface area contributed by atoms with E-state index in [1.54, 1.807) is 0 Å². The van der Waals surface area contributed by atoms with Crippen molar-refractivity contribution in [1.29, 1.82) is 0 Å². The molecular formula is C23H22BrN. The van der Waals surface area contributed by atoms with E-state index in [9.17, 15) is 0 Å². The summed E-state index contributed by atoms with van der Waals surface area (Å²) in [5.41, 5.74) is 6.96. The molecule has 0 fully saturated rings. The van der Waals surface area contributed by atoms with Crippen molar-refractivity contribution < 1.29 is 21.6 Å². The van der Waals surface area contributed by atoms with Gasteiger partial charge in [0.1, 0.15) is 13.1 Å². The third kappa shape index (κ3) is 3.91. The molecule has 0 amide bonds. The molecular weight excluding hydrogens is 370 g/mol. The minimum atomic E-state index is 0. The van der Waals surface area contributed by atoms with Crippen LogP contribution in [0.3, 0.4) is 0 Å². The van der Waals surface area contributed by atoms with Crippen LogP contribution in [-0.4, -0.2) is 23.4 Å². The first-order chi connectivity index (χ1) is 11.9. The van der Waals surface area contributed by atoms with Crippen LogP contribution < -0.4 is 17.0 Å². The van der Waals surface area contributed by atoms with Gasteiger partial charge in [-0.25, -0.2) is 4.58 Å². The van der Waals surface area contributed by atoms with Crippen molar-refractivity contribution in [2.45, 2.75) is 12.8 Å². The molecule has 0 radical (unpaired) electrons. The van der Waals surface area contributed by atoms with E-state index in [2.05, 4.69) is 89.5 Å². The van der Waals surface area contributed by atoms with Gasteiger partial charge in [0, 0.05) is 24.0 Å². The van der Waals surface area contributed by atoms with Crippen LogP contribution in [0.2, 0.25) is 0 Å². The molecule has 3 aromatic rings. The molecule has 0 saturated carbocycles. The Morgan fingerprint density at radius 1 is 0.720 bits per heavy atom. The lowest BCUT2D eigenvalue weighted by Crippen LogP contribution is -3.00. The lowest BCUT2D eigenvalue weighted by Gasteiger charge is -2.19. The highest BCUT2D eigenvalue weighted by Gasteiger charge is 2.26. The molecule has 1 heterocycles. The van der Waals surface area contributed by atoms with Crippen LogP contribution in [0, 0.1) is 0 Å². The van der Waals surface area contributed by atoms with E-state index in [0.29, 0.717) is 0 Å². The monoisotopic (exact) mass is 391 g/mol. The molecule has 25 heavy (non-hydrogen) atoms. The Morgan fingerprint density at radius 3 is 2.12 bits per heavy atom. The molecule has 2 heteroatoms. The molecule has 0 spiro atoms. The Balaban J connectivity index is 0.00000182. The van der Waals surface area contributed by atoms with Crippen molar-refractivity contribution in [3.63, 3.8) is 0 Å². The zero-order valence-electron chi connectivity index (χ0n) is 14.2. The first-order valence-corrected chi connectivity index (χ1v) is 8.71. The van der Waals surface area contributed by atoms with Gasteiger partial charge in [0.05, 0.1) is 0 Å². The molecule has 0 aliphatic carbocycles. The van der Waals surface area contributed by atoms with Crippen molar-refractivity contribution in [1.82, 2.24) is 0 Å². The smallest absolute Gasteiger partial charge is 0.214 e. The van der Waals surface area contributed by atoms with Gasteiger partial charge >= 0.3 is 0 Å². The Labute approximate surface area is 160 Å². The van der Waals surface area contributed by atoms with Crippen LogP contribution in [0.5, 0.6) is 0 Å². The molecule has 0 saturated heterocycles. The summed E-state index contributed by atoms with van der Waals surface area (Å²) in [4.78, 5) is 0. The molecule has 1 nitrogen and oxygen atoms in total. The summed E-state index contributed by atoms with van der Waals surface area (Å²) < 4.78 is 2.56. The van der Waals surface area contributed by atoms with Gasteiger partial charge in [-0.2, -0.15) is 0 Å². The second-order valence-corrected chi connectivity index (χ2v) is 6.34. The Bertz CT molecular complexity index is 854. The van der Waals surface area contributed by atoms with Crippen LogP contribution in [0.1, 0.15) is 22.3 Å². The largest absolute Gasteiger partial charge is 1.00 e. The normalized spacial score (nSPS) is 13.1. The number of nitrogens with zero attached hydrogens (tertiary/aromatic N) is 1. The standard InChI is InChI=1S/C23H22N.BrH/c1-3-9-19(10-4-1)15-17-24-18-16-20-11-7-8-14-22(20)23(24)21-12-5-2-6-13-21;/h1-14H,15-18H2;1H/q+1;/p-1. The molecule has 0 bridgehead atoms. The summed E-state index contributed by atoms with van der Waals surface area (Å²) in [6, 6.07) is 30.5. The number of halogens is 1. The number of benzene rings is 3. The quantitative estimate of drug-likeness (QED) is 0.590. The second-order valence-electron chi connectivity index (χ2n) is 6.34. The zero-order valence-corrected chi connectivity index (χ0v) is 15.8. The summed E-state index contributed by atoms with van der Waals surface area (Å²) in [5, 5.41) is 0. The molecule has 1 aliphatic rings. The van der Waals surface area contributed by atoms with Crippen LogP contribution in [0.15, 0.2) is 84.9 Å². The van der Waals surface area contributed by atoms with Crippen molar-refractivity contribution >= 4 is 5.71 Å². The van der Waals surface area contributed by atoms with Crippen LogP contribution in [0.25, 0.3) is 0 Å². The van der Waals surface area contributed by atoms with Gasteiger partial charge in [-0.05, 0) is 29.3 Å². The SMILES string of the molecule is [Br-].c1ccc(CC[N+]2=C(c3ccccc3)c3ccccc3CC2)cc1. The average molecular weight is 392 g/mol. The Morgan fingerprint density at radius 2 is 1.36 bits per heavy atom. The number of hydrogen-bond acceptors (Lipinski definition) is 0. The number of rotatable bonds is 4. The van der Waals surface area contributed by atoms with Gasteiger partial charge in [0.15, 0.2) is 0 Å². The van der Waals surface area contributed by atoms with Gasteiger partial charge in [-0.3, -0.25) is 0 Å². The predicted octanol–water partition coefficient (Wildman–Crippen LogP) is 1.34. The number of hydrogen-bond donors (Lipinski definition) is 0. The lowest BCUT2D eigenvalue weighted by atomic mass is 9.92. The van der Waals surface area contributed by atoms with Crippen molar-refractivity contribution in [2.75, 3.05) is 13.1 Å². The van der Waals surface area contributed by atoms with Crippen LogP contribution in [-0.2, 0) is 12.8 Å². The predicted molar refractivity (Wildman–Crippen MR) is 99.9 cm³/mol. The fourth-order valence-corrected chi connectivity index (χ4v) is 3.57. The average Bonchev–Trinajstić information content (AvgIpc) is 2.67. The molecule has 126 valence electrons. The molecule has 4 rings (SSSR count). The highest BCUT2D eigenvalue weighted by atomic mass is 79.9. The summed E-state index contributed by atoms with van der Waals surface area (Å²) in [6.45, 7) is 2.15. The van der Waals surface area contributed by atoms with Gasteiger partial charge < -0.3 is 17.0 Å². The van der Waals surface area contributed by atoms with Gasteiger partial charge in [-0.1, -0.05) is 66.7 Å². The van der Waals surface area contributed by atoms with Crippen molar-refractivity contribution in [3.8, 4) is 0 Å². The molecule has 1 aliphatic heterocycles. The summed E-state index contributed by atoms with van der Waals surface area (Å²) in [5.74, 6) is 0. The van der Waals surface area contributed by atoms with Crippen LogP contribution in [0.4, 0.5) is 0 Å². The lowest BCUT2D eigenvalue weighted by molar-refractivity contribution is -0.527. The van der Waals surface area contributed by atoms with Crippen molar-refractivity contribution in [3.05, 3.63) is 107 Å². The Kier molecular flexibility index (Phi) is 5.83. The van der Waals surface area contributed by atoms with E-state index in [-0.39, 0.29) is 17.0 Å². The summed E-state index contributed by atoms with van der Waals surface area (Å²) >= 11 is 0. The molecule has 3 aromatic carbocycles. The summed E-state index contributed by atoms with van der Waals surface area (Å²) in [6.07, 6.45) is 2.21. The Hall–Kier alpha value is -2.19. The molecule has 0 N–H and O–H groups in total. The topological polar surface area (TPSA) is 3.01 Å². The van der Waals surface area contributed by atoms with Gasteiger partial charge in [-0.15, -0.1) is 0 Å². The van der Waals surface area contributed by atoms with E-state index in [1.165, 1.54) is 28.0 Å². The third-order valence-corrected chi connectivity index (χ3v) is 4.80. The second kappa shape index (κ2) is 8.26. The highest BCUT2D eigenvalue weighted by Crippen LogP contribution is 2.20. The minimum absolute atomic E-state index is 0. The van der Waals surface area contributed by atoms with E-state index in [1.807, 2.05) is 0 Å². The van der Waals surface area contributed by atoms with Gasteiger partial charge in [0.25, 0.3) is 0 Å². The highest BCUT2D eigenvalue weighted by molar-refractivity contribution is 6.10.